The van der Waals surface area contributed by atoms with Crippen LogP contribution in [-0.2, 0) is 0 Å². The van der Waals surface area contributed by atoms with Crippen molar-refractivity contribution in [2.45, 2.75) is 0 Å². The van der Waals surface area contributed by atoms with Gasteiger partial charge in [-0.05, 0) is 17.0 Å². The van der Waals surface area contributed by atoms with Crippen molar-refractivity contribution in [2.75, 3.05) is 5.33 Å². The van der Waals surface area contributed by atoms with E-state index in [9.17, 15) is 0 Å². The summed E-state index contributed by atoms with van der Waals surface area (Å²) in [6.45, 7) is 0. The van der Waals surface area contributed by atoms with Crippen molar-refractivity contribution in [3.63, 3.8) is 0 Å². The minimum atomic E-state index is 0.893. The van der Waals surface area contributed by atoms with Gasteiger partial charge in [-0.25, -0.2) is 0 Å². The molecular weight excluding hydrogens is 226 g/mol. The van der Waals surface area contributed by atoms with E-state index in [1.165, 1.54) is 16.5 Å². The van der Waals surface area contributed by atoms with Crippen molar-refractivity contribution < 1.29 is 0 Å². The van der Waals surface area contributed by atoms with E-state index in [0.29, 0.717) is 0 Å². The number of nitrogens with one attached hydrogen (secondary N) is 1. The van der Waals surface area contributed by atoms with Crippen molar-refractivity contribution in [1.29, 1.82) is 0 Å². The molecule has 0 atom stereocenters. The molecule has 0 fully saturated rings. The first-order chi connectivity index (χ1) is 6.42. The minimum absolute atomic E-state index is 0.893. The summed E-state index contributed by atoms with van der Waals surface area (Å²) < 4.78 is 0. The van der Waals surface area contributed by atoms with Gasteiger partial charge in [-0.2, -0.15) is 0 Å². The Morgan fingerprint density at radius 2 is 2.23 bits per heavy atom. The molecule has 0 saturated carbocycles. The largest absolute Gasteiger partial charge is 0.361 e. The summed E-state index contributed by atoms with van der Waals surface area (Å²) in [6, 6.07) is 8.38. The van der Waals surface area contributed by atoms with E-state index < -0.39 is 0 Å². The number of hydrogen-bond donors (Lipinski definition) is 1. The summed E-state index contributed by atoms with van der Waals surface area (Å²) in [5, 5.41) is 2.15. The van der Waals surface area contributed by atoms with Gasteiger partial charge in [0.05, 0.1) is 5.52 Å². The number of alkyl halides is 1. The molecule has 2 rings (SSSR count). The fourth-order valence-electron chi connectivity index (χ4n) is 1.42. The zero-order valence-electron chi connectivity index (χ0n) is 7.13. The van der Waals surface area contributed by atoms with Gasteiger partial charge in [-0.1, -0.05) is 46.3 Å². The summed E-state index contributed by atoms with van der Waals surface area (Å²) in [4.78, 5) is 3.23. The average Bonchev–Trinajstić information content (AvgIpc) is 2.62. The smallest absolute Gasteiger partial charge is 0.0527 e. The van der Waals surface area contributed by atoms with Crippen molar-refractivity contribution in [1.82, 2.24) is 4.98 Å². The normalized spacial score (nSPS) is 11.5. The van der Waals surface area contributed by atoms with Crippen LogP contribution in [0.5, 0.6) is 0 Å². The fraction of sp³-hybridized carbons (Fsp3) is 0.0909. The van der Waals surface area contributed by atoms with Crippen LogP contribution in [0.2, 0.25) is 0 Å². The molecule has 0 saturated heterocycles. The lowest BCUT2D eigenvalue weighted by Gasteiger charge is -1.95. The molecule has 1 heterocycles. The number of halogens is 1. The summed E-state index contributed by atoms with van der Waals surface area (Å²) in [7, 11) is 0. The number of hydrogen-bond acceptors (Lipinski definition) is 0. The first-order valence-corrected chi connectivity index (χ1v) is 5.32. The molecule has 13 heavy (non-hydrogen) atoms. The third kappa shape index (κ3) is 1.68. The molecule has 1 aromatic carbocycles. The highest BCUT2D eigenvalue weighted by atomic mass is 79.9. The third-order valence-corrected chi connectivity index (χ3v) is 2.38. The van der Waals surface area contributed by atoms with E-state index >= 15 is 0 Å². The zero-order chi connectivity index (χ0) is 9.10. The van der Waals surface area contributed by atoms with Crippen LogP contribution < -0.4 is 0 Å². The summed E-state index contributed by atoms with van der Waals surface area (Å²) in [5.74, 6) is 0. The lowest BCUT2D eigenvalue weighted by atomic mass is 10.1. The average molecular weight is 236 g/mol. The zero-order valence-corrected chi connectivity index (χ0v) is 8.71. The molecule has 1 aromatic heterocycles. The van der Waals surface area contributed by atoms with Crippen molar-refractivity contribution in [3.05, 3.63) is 42.1 Å². The van der Waals surface area contributed by atoms with Crippen LogP contribution in [0.4, 0.5) is 0 Å². The molecule has 0 spiro atoms. The van der Waals surface area contributed by atoms with E-state index in [4.69, 9.17) is 0 Å². The monoisotopic (exact) mass is 235 g/mol. The van der Waals surface area contributed by atoms with Gasteiger partial charge in [0.15, 0.2) is 0 Å². The number of aromatic nitrogens is 1. The fourth-order valence-corrected chi connectivity index (χ4v) is 1.61. The number of rotatable bonds is 2. The van der Waals surface area contributed by atoms with Crippen molar-refractivity contribution >= 4 is 32.9 Å². The predicted octanol–water partition coefficient (Wildman–Crippen LogP) is 3.58. The minimum Gasteiger partial charge on any atom is -0.361 e. The lowest BCUT2D eigenvalue weighted by Crippen LogP contribution is -1.75. The topological polar surface area (TPSA) is 15.8 Å². The third-order valence-electron chi connectivity index (χ3n) is 2.01. The van der Waals surface area contributed by atoms with Crippen LogP contribution in [0.1, 0.15) is 5.56 Å². The van der Waals surface area contributed by atoms with Crippen molar-refractivity contribution in [3.8, 4) is 0 Å². The Balaban J connectivity index is 2.54. The maximum absolute atomic E-state index is 3.36. The van der Waals surface area contributed by atoms with Crippen LogP contribution in [0.25, 0.3) is 17.0 Å². The molecule has 0 aliphatic rings. The summed E-state index contributed by atoms with van der Waals surface area (Å²) >= 11 is 3.36. The second kappa shape index (κ2) is 3.79. The molecular formula is C11H10BrN. The number of aromatic amines is 1. The predicted molar refractivity (Wildman–Crippen MR) is 61.1 cm³/mol. The van der Waals surface area contributed by atoms with Gasteiger partial charge in [-0.15, -0.1) is 0 Å². The van der Waals surface area contributed by atoms with Crippen LogP contribution in [-0.4, -0.2) is 10.3 Å². The van der Waals surface area contributed by atoms with E-state index in [-0.39, 0.29) is 0 Å². The molecule has 0 aliphatic heterocycles. The van der Waals surface area contributed by atoms with Crippen LogP contribution in [0.15, 0.2) is 36.5 Å². The number of fused-ring (bicyclic) bond motifs is 1. The van der Waals surface area contributed by atoms with Crippen LogP contribution >= 0.6 is 15.9 Å². The number of H-pyrrole nitrogens is 1. The molecule has 66 valence electrons. The second-order valence-electron chi connectivity index (χ2n) is 2.85. The van der Waals surface area contributed by atoms with Gasteiger partial charge in [0, 0.05) is 11.5 Å². The Labute approximate surface area is 85.6 Å². The Morgan fingerprint density at radius 1 is 1.31 bits per heavy atom. The van der Waals surface area contributed by atoms with E-state index in [2.05, 4.69) is 57.3 Å². The maximum Gasteiger partial charge on any atom is 0.0527 e. The Kier molecular flexibility index (Phi) is 2.50. The second-order valence-corrected chi connectivity index (χ2v) is 3.49. The standard InChI is InChI=1S/C11H10BrN/c12-7-2-5-9-3-1-4-10-6-8-13-11(9)10/h1-6,8,13H,7H2. The Bertz CT molecular complexity index is 428. The molecule has 0 bridgehead atoms. The lowest BCUT2D eigenvalue weighted by molar-refractivity contribution is 1.47. The van der Waals surface area contributed by atoms with E-state index in [1.807, 2.05) is 6.20 Å². The molecule has 1 N–H and O–H groups in total. The van der Waals surface area contributed by atoms with Crippen molar-refractivity contribution in [2.24, 2.45) is 0 Å². The van der Waals surface area contributed by atoms with Gasteiger partial charge < -0.3 is 4.98 Å². The molecule has 0 unspecified atom stereocenters. The van der Waals surface area contributed by atoms with E-state index in [0.717, 1.165) is 5.33 Å². The molecule has 2 aromatic rings. The quantitative estimate of drug-likeness (QED) is 0.767. The van der Waals surface area contributed by atoms with Gasteiger partial charge >= 0.3 is 0 Å². The highest BCUT2D eigenvalue weighted by Crippen LogP contribution is 2.17. The number of benzene rings is 1. The summed E-state index contributed by atoms with van der Waals surface area (Å²) in [6.07, 6.45) is 6.18. The van der Waals surface area contributed by atoms with E-state index in [1.54, 1.807) is 0 Å². The highest BCUT2D eigenvalue weighted by molar-refractivity contribution is 9.09. The van der Waals surface area contributed by atoms with Gasteiger partial charge in [0.2, 0.25) is 0 Å². The molecule has 1 nitrogen and oxygen atoms in total. The first kappa shape index (κ1) is 8.57. The van der Waals surface area contributed by atoms with Crippen LogP contribution in [0.3, 0.4) is 0 Å². The number of para-hydroxylation sites is 1. The maximum atomic E-state index is 3.36. The number of allylic oxidation sites excluding steroid dienone is 1. The van der Waals surface area contributed by atoms with Gasteiger partial charge in [0.25, 0.3) is 0 Å². The first-order valence-electron chi connectivity index (χ1n) is 4.20. The Hall–Kier alpha value is -1.02. The molecule has 2 heteroatoms. The molecule has 0 amide bonds. The summed E-state index contributed by atoms with van der Waals surface area (Å²) in [5.41, 5.74) is 2.45. The van der Waals surface area contributed by atoms with Crippen LogP contribution in [0, 0.1) is 0 Å². The molecule has 0 aliphatic carbocycles. The Morgan fingerprint density at radius 3 is 3.08 bits per heavy atom. The molecule has 0 radical (unpaired) electrons. The van der Waals surface area contributed by atoms with Gasteiger partial charge in [-0.3, -0.25) is 0 Å². The van der Waals surface area contributed by atoms with Gasteiger partial charge in [0.1, 0.15) is 0 Å². The SMILES string of the molecule is BrCC=Cc1cccc2cc[nH]c12. The highest BCUT2D eigenvalue weighted by Gasteiger charge is 1.96.